The summed E-state index contributed by atoms with van der Waals surface area (Å²) in [6.45, 7) is 6.65. The molecule has 2 amide bonds. The topological polar surface area (TPSA) is 119 Å². The lowest BCUT2D eigenvalue weighted by molar-refractivity contribution is -0.144. The van der Waals surface area contributed by atoms with E-state index in [0.717, 1.165) is 4.90 Å². The van der Waals surface area contributed by atoms with Crippen molar-refractivity contribution in [1.82, 2.24) is 15.1 Å². The minimum Gasteiger partial charge on any atom is -0.480 e. The number of alkyl carbamates (subject to hydrolysis) is 1. The second-order valence-corrected chi connectivity index (χ2v) is 6.06. The largest absolute Gasteiger partial charge is 0.480 e. The zero-order chi connectivity index (χ0) is 16.9. The molecule has 1 rings (SSSR count). The molecule has 0 unspecified atom stereocenters. The highest BCUT2D eigenvalue weighted by atomic mass is 16.6. The molecule has 1 fully saturated rings. The molecule has 1 atom stereocenters. The van der Waals surface area contributed by atoms with Crippen LogP contribution in [0.25, 0.3) is 0 Å². The molecule has 1 aliphatic heterocycles. The highest BCUT2D eigenvalue weighted by Gasteiger charge is 2.35. The van der Waals surface area contributed by atoms with Crippen LogP contribution in [-0.2, 0) is 9.53 Å². The molecule has 22 heavy (non-hydrogen) atoms. The van der Waals surface area contributed by atoms with Crippen LogP contribution in [0.4, 0.5) is 9.59 Å². The first-order valence-corrected chi connectivity index (χ1v) is 7.02. The van der Waals surface area contributed by atoms with Gasteiger partial charge in [-0.15, -0.1) is 0 Å². The summed E-state index contributed by atoms with van der Waals surface area (Å²) in [5.41, 5.74) is -0.578. The number of carboxylic acids is 1. The third-order valence-corrected chi connectivity index (χ3v) is 3.09. The van der Waals surface area contributed by atoms with Crippen LogP contribution in [0, 0.1) is 0 Å². The van der Waals surface area contributed by atoms with Gasteiger partial charge in [0, 0.05) is 32.7 Å². The van der Waals surface area contributed by atoms with Crippen LogP contribution in [0.5, 0.6) is 0 Å². The van der Waals surface area contributed by atoms with E-state index >= 15 is 0 Å². The quantitative estimate of drug-likeness (QED) is 0.680. The molecule has 0 saturated carbocycles. The van der Waals surface area contributed by atoms with Gasteiger partial charge in [-0.3, -0.25) is 9.80 Å². The fraction of sp³-hybridized carbons (Fsp3) is 0.769. The standard InChI is InChI=1S/C13H23N3O6/c1-13(2,3)22-11(19)14-4-5-15-6-7-16(12(20)21)9(8-15)10(17)18/h9H,4-8H2,1-3H3,(H,14,19)(H,17,18)(H,20,21)/t9-/m0/s1. The number of ether oxygens (including phenoxy) is 1. The molecule has 3 N–H and O–H groups in total. The number of hydrogen-bond donors (Lipinski definition) is 3. The second-order valence-electron chi connectivity index (χ2n) is 6.06. The Balaban J connectivity index is 2.40. The predicted octanol–water partition coefficient (Wildman–Crippen LogP) is 0.260. The van der Waals surface area contributed by atoms with Gasteiger partial charge < -0.3 is 20.3 Å². The van der Waals surface area contributed by atoms with Crippen molar-refractivity contribution in [1.29, 1.82) is 0 Å². The molecule has 0 aromatic carbocycles. The van der Waals surface area contributed by atoms with Gasteiger partial charge in [0.1, 0.15) is 11.6 Å². The van der Waals surface area contributed by atoms with Gasteiger partial charge in [-0.1, -0.05) is 0 Å². The third-order valence-electron chi connectivity index (χ3n) is 3.09. The van der Waals surface area contributed by atoms with Crippen LogP contribution in [0.2, 0.25) is 0 Å². The average molecular weight is 317 g/mol. The Labute approximate surface area is 128 Å². The molecule has 9 heteroatoms. The highest BCUT2D eigenvalue weighted by Crippen LogP contribution is 2.10. The number of amides is 2. The summed E-state index contributed by atoms with van der Waals surface area (Å²) in [5.74, 6) is -1.17. The number of rotatable bonds is 4. The van der Waals surface area contributed by atoms with Crippen molar-refractivity contribution in [3.63, 3.8) is 0 Å². The Morgan fingerprint density at radius 2 is 1.86 bits per heavy atom. The molecule has 1 aliphatic rings. The fourth-order valence-electron chi connectivity index (χ4n) is 2.11. The number of piperazine rings is 1. The molecule has 0 aliphatic carbocycles. The van der Waals surface area contributed by atoms with E-state index in [1.54, 1.807) is 25.7 Å². The van der Waals surface area contributed by atoms with E-state index in [1.807, 2.05) is 0 Å². The lowest BCUT2D eigenvalue weighted by Gasteiger charge is -2.37. The first-order chi connectivity index (χ1) is 10.1. The molecule has 0 radical (unpaired) electrons. The van der Waals surface area contributed by atoms with Crippen LogP contribution < -0.4 is 5.32 Å². The highest BCUT2D eigenvalue weighted by molar-refractivity contribution is 5.79. The van der Waals surface area contributed by atoms with Gasteiger partial charge in [0.25, 0.3) is 0 Å². The molecule has 0 bridgehead atoms. The summed E-state index contributed by atoms with van der Waals surface area (Å²) in [5, 5.41) is 20.7. The molecule has 9 nitrogen and oxygen atoms in total. The number of carboxylic acid groups (broad SMARTS) is 2. The van der Waals surface area contributed by atoms with Gasteiger partial charge in [0.05, 0.1) is 0 Å². The van der Waals surface area contributed by atoms with E-state index in [9.17, 15) is 14.4 Å². The first-order valence-electron chi connectivity index (χ1n) is 7.02. The van der Waals surface area contributed by atoms with E-state index in [0.29, 0.717) is 19.6 Å². The maximum Gasteiger partial charge on any atom is 0.408 e. The van der Waals surface area contributed by atoms with Crippen molar-refractivity contribution < 1.29 is 29.3 Å². The number of aliphatic carboxylic acids is 1. The lowest BCUT2D eigenvalue weighted by Crippen LogP contribution is -2.58. The zero-order valence-electron chi connectivity index (χ0n) is 13.0. The van der Waals surface area contributed by atoms with E-state index in [4.69, 9.17) is 14.9 Å². The minimum absolute atomic E-state index is 0.0949. The third kappa shape index (κ3) is 5.76. The summed E-state index contributed by atoms with van der Waals surface area (Å²) in [6.07, 6.45) is -1.77. The van der Waals surface area contributed by atoms with Crippen LogP contribution in [0.1, 0.15) is 20.8 Å². The Morgan fingerprint density at radius 1 is 1.23 bits per heavy atom. The van der Waals surface area contributed by atoms with Crippen LogP contribution in [0.15, 0.2) is 0 Å². The van der Waals surface area contributed by atoms with E-state index in [2.05, 4.69) is 5.32 Å². The Morgan fingerprint density at radius 3 is 2.36 bits per heavy atom. The van der Waals surface area contributed by atoms with Crippen molar-refractivity contribution in [3.8, 4) is 0 Å². The van der Waals surface area contributed by atoms with Crippen molar-refractivity contribution in [3.05, 3.63) is 0 Å². The zero-order valence-corrected chi connectivity index (χ0v) is 13.0. The van der Waals surface area contributed by atoms with E-state index in [1.165, 1.54) is 0 Å². The summed E-state index contributed by atoms with van der Waals surface area (Å²) >= 11 is 0. The van der Waals surface area contributed by atoms with Gasteiger partial charge in [-0.25, -0.2) is 14.4 Å². The first kappa shape index (κ1) is 18.0. The van der Waals surface area contributed by atoms with Crippen molar-refractivity contribution >= 4 is 18.2 Å². The smallest absolute Gasteiger partial charge is 0.408 e. The number of hydrogen-bond acceptors (Lipinski definition) is 5. The predicted molar refractivity (Wildman–Crippen MR) is 76.8 cm³/mol. The van der Waals surface area contributed by atoms with E-state index in [-0.39, 0.29) is 13.1 Å². The Hall–Kier alpha value is -2.03. The van der Waals surface area contributed by atoms with Crippen molar-refractivity contribution in [2.24, 2.45) is 0 Å². The lowest BCUT2D eigenvalue weighted by atomic mass is 10.2. The molecule has 0 spiro atoms. The molecule has 1 heterocycles. The Bertz CT molecular complexity index is 434. The van der Waals surface area contributed by atoms with Gasteiger partial charge in [0.2, 0.25) is 0 Å². The van der Waals surface area contributed by atoms with Gasteiger partial charge in [-0.2, -0.15) is 0 Å². The normalized spacial score (nSPS) is 19.6. The fourth-order valence-corrected chi connectivity index (χ4v) is 2.11. The summed E-state index contributed by atoms with van der Waals surface area (Å²) in [6, 6.07) is -1.09. The number of nitrogens with zero attached hydrogens (tertiary/aromatic N) is 2. The van der Waals surface area contributed by atoms with Crippen molar-refractivity contribution in [2.75, 3.05) is 32.7 Å². The summed E-state index contributed by atoms with van der Waals surface area (Å²) < 4.78 is 5.09. The molecule has 0 aromatic rings. The number of nitrogens with one attached hydrogen (secondary N) is 1. The number of carbonyl (C=O) groups is 3. The maximum atomic E-state index is 11.5. The SMILES string of the molecule is CC(C)(C)OC(=O)NCCN1CCN(C(=O)O)[C@H](C(=O)O)C1. The van der Waals surface area contributed by atoms with Gasteiger partial charge >= 0.3 is 18.2 Å². The molecule has 0 aromatic heterocycles. The maximum absolute atomic E-state index is 11.5. The Kier molecular flexibility index (Phi) is 5.98. The molecular weight excluding hydrogens is 294 g/mol. The number of carbonyl (C=O) groups excluding carboxylic acids is 1. The average Bonchev–Trinajstić information content (AvgIpc) is 2.36. The summed E-state index contributed by atoms with van der Waals surface area (Å²) in [7, 11) is 0. The minimum atomic E-state index is -1.24. The van der Waals surface area contributed by atoms with Crippen molar-refractivity contribution in [2.45, 2.75) is 32.4 Å². The van der Waals surface area contributed by atoms with Gasteiger partial charge in [-0.05, 0) is 20.8 Å². The van der Waals surface area contributed by atoms with Crippen LogP contribution in [0.3, 0.4) is 0 Å². The summed E-state index contributed by atoms with van der Waals surface area (Å²) in [4.78, 5) is 36.3. The van der Waals surface area contributed by atoms with Crippen LogP contribution >= 0.6 is 0 Å². The molecule has 1 saturated heterocycles. The van der Waals surface area contributed by atoms with E-state index < -0.39 is 29.8 Å². The van der Waals surface area contributed by atoms with Crippen LogP contribution in [-0.4, -0.2) is 82.5 Å². The second kappa shape index (κ2) is 7.30. The van der Waals surface area contributed by atoms with Gasteiger partial charge in [0.15, 0.2) is 0 Å². The monoisotopic (exact) mass is 317 g/mol. The molecular formula is C13H23N3O6. The molecule has 126 valence electrons.